The molecule has 102 valence electrons. The van der Waals surface area contributed by atoms with Crippen molar-refractivity contribution < 1.29 is 8.42 Å². The van der Waals surface area contributed by atoms with Crippen LogP contribution in [0.1, 0.15) is 0 Å². The molecule has 3 heterocycles. The smallest absolute Gasteiger partial charge is 0.235 e. The predicted molar refractivity (Wildman–Crippen MR) is 71.6 cm³/mol. The maximum absolute atomic E-state index is 11.4. The Hall–Kier alpha value is -1.67. The molecule has 0 spiro atoms. The van der Waals surface area contributed by atoms with Crippen molar-refractivity contribution in [2.24, 2.45) is 0 Å². The van der Waals surface area contributed by atoms with Crippen LogP contribution in [0.3, 0.4) is 0 Å². The minimum atomic E-state index is -3.09. The van der Waals surface area contributed by atoms with Gasteiger partial charge in [0, 0.05) is 38.6 Å². The number of fused-ring (bicyclic) bond motifs is 1. The summed E-state index contributed by atoms with van der Waals surface area (Å²) in [5, 5.41) is 0. The Balaban J connectivity index is 1.78. The molecule has 2 aromatic rings. The highest BCUT2D eigenvalue weighted by atomic mass is 32.2. The molecule has 1 aliphatic rings. The molecule has 0 amide bonds. The van der Waals surface area contributed by atoms with Crippen LogP contribution < -0.4 is 4.90 Å². The maximum atomic E-state index is 11.4. The van der Waals surface area contributed by atoms with E-state index in [0.29, 0.717) is 32.0 Å². The molecule has 2 aromatic heterocycles. The van der Waals surface area contributed by atoms with E-state index < -0.39 is 10.0 Å². The van der Waals surface area contributed by atoms with Gasteiger partial charge < -0.3 is 4.90 Å². The Labute approximate surface area is 111 Å². The lowest BCUT2D eigenvalue weighted by Crippen LogP contribution is -2.48. The second-order valence-electron chi connectivity index (χ2n) is 4.58. The highest BCUT2D eigenvalue weighted by molar-refractivity contribution is 7.88. The van der Waals surface area contributed by atoms with E-state index in [1.165, 1.54) is 10.6 Å². The second-order valence-corrected chi connectivity index (χ2v) is 6.56. The van der Waals surface area contributed by atoms with Crippen LogP contribution in [0.5, 0.6) is 0 Å². The Morgan fingerprint density at radius 2 is 1.95 bits per heavy atom. The number of imidazole rings is 1. The Morgan fingerprint density at radius 3 is 2.58 bits per heavy atom. The largest absolute Gasteiger partial charge is 0.353 e. The van der Waals surface area contributed by atoms with Crippen LogP contribution in [0, 0.1) is 0 Å². The molecule has 0 saturated carbocycles. The average molecular weight is 281 g/mol. The van der Waals surface area contributed by atoms with E-state index >= 15 is 0 Å². The summed E-state index contributed by atoms with van der Waals surface area (Å²) in [7, 11) is -3.09. The number of nitrogens with zero attached hydrogens (tertiary/aromatic N) is 5. The van der Waals surface area contributed by atoms with Crippen LogP contribution in [-0.4, -0.2) is 59.5 Å². The van der Waals surface area contributed by atoms with Gasteiger partial charge in [0.05, 0.1) is 12.5 Å². The third-order valence-corrected chi connectivity index (χ3v) is 4.56. The van der Waals surface area contributed by atoms with Gasteiger partial charge in [-0.3, -0.25) is 4.40 Å². The van der Waals surface area contributed by atoms with Crippen molar-refractivity contribution in [1.82, 2.24) is 18.7 Å². The lowest BCUT2D eigenvalue weighted by atomic mass is 10.4. The summed E-state index contributed by atoms with van der Waals surface area (Å²) in [6.07, 6.45) is 6.76. The first kappa shape index (κ1) is 12.4. The molecule has 8 heteroatoms. The zero-order valence-electron chi connectivity index (χ0n) is 10.6. The van der Waals surface area contributed by atoms with E-state index in [0.717, 1.165) is 5.82 Å². The van der Waals surface area contributed by atoms with Gasteiger partial charge in [0.15, 0.2) is 0 Å². The van der Waals surface area contributed by atoms with Gasteiger partial charge in [-0.2, -0.15) is 9.29 Å². The Morgan fingerprint density at radius 1 is 1.21 bits per heavy atom. The molecule has 0 unspecified atom stereocenters. The fourth-order valence-corrected chi connectivity index (χ4v) is 3.05. The lowest BCUT2D eigenvalue weighted by Gasteiger charge is -2.33. The van der Waals surface area contributed by atoms with E-state index in [1.54, 1.807) is 6.20 Å². The first-order valence-electron chi connectivity index (χ1n) is 6.04. The predicted octanol–water partition coefficient (Wildman–Crippen LogP) is -0.189. The molecule has 0 radical (unpaired) electrons. The standard InChI is InChI=1S/C11H15N5O2S/c1-19(17,18)16-7-5-14(6-8-16)10-9-15-4-2-3-12-11(15)13-10/h2-4,9H,5-8H2,1H3. The molecule has 1 saturated heterocycles. The molecule has 0 N–H and O–H groups in total. The van der Waals surface area contributed by atoms with Crippen LogP contribution in [0.25, 0.3) is 5.78 Å². The van der Waals surface area contributed by atoms with Crippen LogP contribution in [0.2, 0.25) is 0 Å². The summed E-state index contributed by atoms with van der Waals surface area (Å²) >= 11 is 0. The molecule has 0 aromatic carbocycles. The monoisotopic (exact) mass is 281 g/mol. The normalized spacial score (nSPS) is 18.1. The highest BCUT2D eigenvalue weighted by Gasteiger charge is 2.24. The zero-order chi connectivity index (χ0) is 13.5. The van der Waals surface area contributed by atoms with Gasteiger partial charge in [-0.15, -0.1) is 0 Å². The van der Waals surface area contributed by atoms with Crippen molar-refractivity contribution in [3.63, 3.8) is 0 Å². The van der Waals surface area contributed by atoms with Crippen molar-refractivity contribution in [2.75, 3.05) is 37.3 Å². The van der Waals surface area contributed by atoms with Gasteiger partial charge in [0.1, 0.15) is 5.82 Å². The molecule has 0 aliphatic carbocycles. The maximum Gasteiger partial charge on any atom is 0.235 e. The Kier molecular flexibility index (Phi) is 2.90. The molecular formula is C11H15N5O2S. The summed E-state index contributed by atoms with van der Waals surface area (Å²) < 4.78 is 26.3. The summed E-state index contributed by atoms with van der Waals surface area (Å²) in [6, 6.07) is 1.85. The van der Waals surface area contributed by atoms with Gasteiger partial charge in [0.25, 0.3) is 0 Å². The fraction of sp³-hybridized carbons (Fsp3) is 0.455. The quantitative estimate of drug-likeness (QED) is 0.763. The molecule has 3 rings (SSSR count). The van der Waals surface area contributed by atoms with E-state index in [2.05, 4.69) is 14.9 Å². The molecule has 1 fully saturated rings. The topological polar surface area (TPSA) is 70.8 Å². The van der Waals surface area contributed by atoms with Gasteiger partial charge in [-0.1, -0.05) is 0 Å². The molecule has 19 heavy (non-hydrogen) atoms. The van der Waals surface area contributed by atoms with Crippen molar-refractivity contribution >= 4 is 21.6 Å². The van der Waals surface area contributed by atoms with Gasteiger partial charge >= 0.3 is 0 Å². The zero-order valence-corrected chi connectivity index (χ0v) is 11.4. The van der Waals surface area contributed by atoms with Gasteiger partial charge in [0.2, 0.25) is 15.8 Å². The number of piperazine rings is 1. The first-order valence-corrected chi connectivity index (χ1v) is 7.89. The number of rotatable bonds is 2. The van der Waals surface area contributed by atoms with Gasteiger partial charge in [-0.05, 0) is 6.07 Å². The number of anilines is 1. The minimum absolute atomic E-state index is 0.500. The lowest BCUT2D eigenvalue weighted by molar-refractivity contribution is 0.387. The summed E-state index contributed by atoms with van der Waals surface area (Å²) in [4.78, 5) is 10.7. The van der Waals surface area contributed by atoms with E-state index in [4.69, 9.17) is 0 Å². The summed E-state index contributed by atoms with van der Waals surface area (Å²) in [5.41, 5.74) is 0. The van der Waals surface area contributed by atoms with Crippen molar-refractivity contribution in [1.29, 1.82) is 0 Å². The SMILES string of the molecule is CS(=O)(=O)N1CCN(c2cn3cccnc3n2)CC1. The number of aromatic nitrogens is 3. The van der Waals surface area contributed by atoms with E-state index in [1.807, 2.05) is 22.9 Å². The minimum Gasteiger partial charge on any atom is -0.353 e. The molecule has 7 nitrogen and oxygen atoms in total. The summed E-state index contributed by atoms with van der Waals surface area (Å²) in [6.45, 7) is 2.30. The molecule has 0 bridgehead atoms. The number of sulfonamides is 1. The third kappa shape index (κ3) is 2.41. The van der Waals surface area contributed by atoms with Gasteiger partial charge in [-0.25, -0.2) is 13.4 Å². The highest BCUT2D eigenvalue weighted by Crippen LogP contribution is 2.16. The second kappa shape index (κ2) is 4.46. The fourth-order valence-electron chi connectivity index (χ4n) is 2.22. The average Bonchev–Trinajstić information content (AvgIpc) is 2.81. The van der Waals surface area contributed by atoms with E-state index in [9.17, 15) is 8.42 Å². The van der Waals surface area contributed by atoms with E-state index in [-0.39, 0.29) is 0 Å². The third-order valence-electron chi connectivity index (χ3n) is 3.25. The van der Waals surface area contributed by atoms with Crippen molar-refractivity contribution in [2.45, 2.75) is 0 Å². The molecule has 1 aliphatic heterocycles. The van der Waals surface area contributed by atoms with Crippen LogP contribution in [0.4, 0.5) is 5.82 Å². The van der Waals surface area contributed by atoms with Crippen LogP contribution >= 0.6 is 0 Å². The van der Waals surface area contributed by atoms with Crippen LogP contribution in [-0.2, 0) is 10.0 Å². The first-order chi connectivity index (χ1) is 9.04. The number of hydrogen-bond acceptors (Lipinski definition) is 5. The van der Waals surface area contributed by atoms with Crippen LogP contribution in [0.15, 0.2) is 24.7 Å². The van der Waals surface area contributed by atoms with Crippen molar-refractivity contribution in [3.8, 4) is 0 Å². The Bertz CT molecular complexity index is 655. The number of hydrogen-bond donors (Lipinski definition) is 0. The summed E-state index contributed by atoms with van der Waals surface area (Å²) in [5.74, 6) is 1.50. The molecular weight excluding hydrogens is 266 g/mol. The van der Waals surface area contributed by atoms with Crippen molar-refractivity contribution in [3.05, 3.63) is 24.7 Å². The molecule has 0 atom stereocenters.